The smallest absolute Gasteiger partial charge is 0.263 e. The van der Waals surface area contributed by atoms with E-state index >= 15 is 0 Å². The van der Waals surface area contributed by atoms with Crippen LogP contribution in [0.2, 0.25) is 0 Å². The third-order valence-electron chi connectivity index (χ3n) is 7.67. The molecule has 1 aliphatic heterocycles. The minimum absolute atomic E-state index is 0.00244. The van der Waals surface area contributed by atoms with Crippen molar-refractivity contribution in [3.8, 4) is 11.4 Å². The Labute approximate surface area is 251 Å². The van der Waals surface area contributed by atoms with Gasteiger partial charge < -0.3 is 9.88 Å². The van der Waals surface area contributed by atoms with E-state index in [1.165, 1.54) is 48.1 Å². The Morgan fingerprint density at radius 3 is 2.62 bits per heavy atom. The molecule has 1 N–H and O–H groups in total. The predicted octanol–water partition coefficient (Wildman–Crippen LogP) is 5.33. The quantitative estimate of drug-likeness (QED) is 0.245. The molecule has 0 bridgehead atoms. The SMILES string of the molecule is Cn1cc(S(=O)(=O)C2CC2)nc1-c1cc2cnc(Nc3ccc(C4CCCCS4)cc3)nc2n(Cc2nccs2)c1=O. The van der Waals surface area contributed by atoms with Crippen LogP contribution in [0.15, 0.2) is 64.1 Å². The van der Waals surface area contributed by atoms with Gasteiger partial charge in [-0.1, -0.05) is 18.6 Å². The molecule has 5 aromatic rings. The van der Waals surface area contributed by atoms with Crippen LogP contribution in [0.1, 0.15) is 47.9 Å². The molecule has 2 fully saturated rings. The molecule has 0 spiro atoms. The lowest BCUT2D eigenvalue weighted by atomic mass is 10.1. The molecule has 1 saturated carbocycles. The van der Waals surface area contributed by atoms with Crippen molar-refractivity contribution >= 4 is 55.6 Å². The van der Waals surface area contributed by atoms with E-state index in [0.29, 0.717) is 35.1 Å². The minimum Gasteiger partial charge on any atom is -0.332 e. The zero-order valence-corrected chi connectivity index (χ0v) is 25.4. The van der Waals surface area contributed by atoms with Gasteiger partial charge in [0.2, 0.25) is 5.95 Å². The van der Waals surface area contributed by atoms with E-state index in [0.717, 1.165) is 10.7 Å². The van der Waals surface area contributed by atoms with E-state index in [4.69, 9.17) is 4.98 Å². The van der Waals surface area contributed by atoms with Crippen molar-refractivity contribution in [1.29, 1.82) is 0 Å². The second-order valence-electron chi connectivity index (χ2n) is 10.7. The first-order valence-corrected chi connectivity index (χ1v) is 17.4. The molecule has 1 atom stereocenters. The molecule has 1 aliphatic carbocycles. The van der Waals surface area contributed by atoms with Crippen molar-refractivity contribution in [1.82, 2.24) is 29.1 Å². The molecule has 216 valence electrons. The van der Waals surface area contributed by atoms with Gasteiger partial charge >= 0.3 is 0 Å². The summed E-state index contributed by atoms with van der Waals surface area (Å²) in [6.45, 7) is 0.211. The number of thioether (sulfide) groups is 1. The lowest BCUT2D eigenvalue weighted by Gasteiger charge is -2.21. The van der Waals surface area contributed by atoms with Gasteiger partial charge in [-0.15, -0.1) is 11.3 Å². The number of fused-ring (bicyclic) bond motifs is 1. The van der Waals surface area contributed by atoms with Crippen LogP contribution < -0.4 is 10.9 Å². The van der Waals surface area contributed by atoms with E-state index in [1.54, 1.807) is 34.6 Å². The van der Waals surface area contributed by atoms with Gasteiger partial charge in [-0.05, 0) is 55.2 Å². The summed E-state index contributed by atoms with van der Waals surface area (Å²) in [6.07, 6.45) is 9.91. The van der Waals surface area contributed by atoms with E-state index in [9.17, 15) is 13.2 Å². The maximum Gasteiger partial charge on any atom is 0.263 e. The molecule has 4 aromatic heterocycles. The van der Waals surface area contributed by atoms with Crippen molar-refractivity contribution in [3.63, 3.8) is 0 Å². The Hall–Kier alpha value is -3.55. The number of imidazole rings is 1. The second kappa shape index (κ2) is 10.9. The number of benzene rings is 1. The number of nitrogens with one attached hydrogen (secondary N) is 1. The van der Waals surface area contributed by atoms with E-state index in [2.05, 4.69) is 32.4 Å². The number of hydrogen-bond acceptors (Lipinski definition) is 10. The number of sulfone groups is 1. The summed E-state index contributed by atoms with van der Waals surface area (Å²) in [5.74, 6) is 1.87. The van der Waals surface area contributed by atoms with Crippen molar-refractivity contribution < 1.29 is 8.42 Å². The third kappa shape index (κ3) is 5.25. The Bertz CT molecular complexity index is 1920. The molecule has 1 unspecified atom stereocenters. The summed E-state index contributed by atoms with van der Waals surface area (Å²) < 4.78 is 28.9. The molecule has 0 amide bonds. The van der Waals surface area contributed by atoms with E-state index in [1.807, 2.05) is 29.3 Å². The predicted molar refractivity (Wildman–Crippen MR) is 166 cm³/mol. The fraction of sp³-hybridized carbons (Fsp3) is 0.345. The number of aromatic nitrogens is 6. The maximum atomic E-state index is 14.0. The first-order valence-electron chi connectivity index (χ1n) is 13.9. The summed E-state index contributed by atoms with van der Waals surface area (Å²) in [7, 11) is -1.81. The highest BCUT2D eigenvalue weighted by Crippen LogP contribution is 2.38. The highest BCUT2D eigenvalue weighted by atomic mass is 32.2. The molecular weight excluding hydrogens is 591 g/mol. The van der Waals surface area contributed by atoms with Crippen LogP contribution in [-0.2, 0) is 23.4 Å². The Morgan fingerprint density at radius 1 is 1.07 bits per heavy atom. The van der Waals surface area contributed by atoms with E-state index in [-0.39, 0.29) is 33.8 Å². The third-order valence-corrected chi connectivity index (χ3v) is 12.0. The van der Waals surface area contributed by atoms with Crippen LogP contribution >= 0.6 is 23.1 Å². The Kier molecular flexibility index (Phi) is 7.11. The summed E-state index contributed by atoms with van der Waals surface area (Å²) in [4.78, 5) is 32.1. The van der Waals surface area contributed by atoms with Crippen molar-refractivity contribution in [2.75, 3.05) is 11.1 Å². The van der Waals surface area contributed by atoms with Gasteiger partial charge in [0.1, 0.15) is 16.5 Å². The zero-order chi connectivity index (χ0) is 28.8. The Balaban J connectivity index is 1.26. The molecule has 10 nitrogen and oxygen atoms in total. The van der Waals surface area contributed by atoms with Gasteiger partial charge in [0.05, 0.1) is 17.4 Å². The standard InChI is InChI=1S/C29H29N7O3S3/c1-35-17-25(42(38,39)21-9-10-21)33-27(35)22-14-19-15-31-29(34-26(19)36(28(22)37)16-24-30-11-13-41-24)32-20-7-5-18(6-8-20)23-4-2-3-12-40-23/h5-8,11,13-15,17,21,23H,2-4,9-10,12,16H2,1H3,(H,31,32,34). The second-order valence-corrected chi connectivity index (χ2v) is 15.2. The number of hydrogen-bond donors (Lipinski definition) is 1. The average Bonchev–Trinajstić information content (AvgIpc) is 3.62. The lowest BCUT2D eigenvalue weighted by Crippen LogP contribution is -2.24. The van der Waals surface area contributed by atoms with Crippen LogP contribution in [0.25, 0.3) is 22.4 Å². The molecule has 0 radical (unpaired) electrons. The van der Waals surface area contributed by atoms with Gasteiger partial charge in [0.15, 0.2) is 14.9 Å². The number of pyridine rings is 1. The number of aryl methyl sites for hydroxylation is 1. The molecule has 7 rings (SSSR count). The average molecular weight is 620 g/mol. The van der Waals surface area contributed by atoms with Crippen LogP contribution in [-0.4, -0.2) is 48.5 Å². The van der Waals surface area contributed by atoms with Crippen molar-refractivity contribution in [2.45, 2.75) is 54.2 Å². The molecule has 13 heteroatoms. The fourth-order valence-electron chi connectivity index (χ4n) is 5.28. The van der Waals surface area contributed by atoms with Gasteiger partial charge in [0.25, 0.3) is 5.56 Å². The lowest BCUT2D eigenvalue weighted by molar-refractivity contribution is 0.591. The first-order chi connectivity index (χ1) is 20.4. The van der Waals surface area contributed by atoms with Crippen LogP contribution in [0, 0.1) is 0 Å². The number of nitrogens with zero attached hydrogens (tertiary/aromatic N) is 6. The highest BCUT2D eigenvalue weighted by Gasteiger charge is 2.39. The monoisotopic (exact) mass is 619 g/mol. The van der Waals surface area contributed by atoms with Gasteiger partial charge in [-0.2, -0.15) is 16.7 Å². The first kappa shape index (κ1) is 27.3. The summed E-state index contributed by atoms with van der Waals surface area (Å²) in [5, 5.41) is 6.67. The van der Waals surface area contributed by atoms with Crippen LogP contribution in [0.4, 0.5) is 11.6 Å². The Morgan fingerprint density at radius 2 is 1.90 bits per heavy atom. The van der Waals surface area contributed by atoms with Crippen molar-refractivity contribution in [3.05, 3.63) is 75.2 Å². The zero-order valence-electron chi connectivity index (χ0n) is 22.9. The molecule has 5 heterocycles. The fourth-order valence-corrected chi connectivity index (χ4v) is 8.84. The maximum absolute atomic E-state index is 14.0. The van der Waals surface area contributed by atoms with Gasteiger partial charge in [0, 0.05) is 47.3 Å². The van der Waals surface area contributed by atoms with Crippen LogP contribution in [0.5, 0.6) is 0 Å². The normalized spacial score (nSPS) is 17.5. The number of rotatable bonds is 8. The van der Waals surface area contributed by atoms with Crippen LogP contribution in [0.3, 0.4) is 0 Å². The molecule has 1 saturated heterocycles. The van der Waals surface area contributed by atoms with Crippen molar-refractivity contribution in [2.24, 2.45) is 7.05 Å². The number of anilines is 2. The summed E-state index contributed by atoms with van der Waals surface area (Å²) >= 11 is 3.47. The minimum atomic E-state index is -3.51. The number of thiazole rings is 1. The molecule has 2 aliphatic rings. The summed E-state index contributed by atoms with van der Waals surface area (Å²) in [6, 6.07) is 10.1. The largest absolute Gasteiger partial charge is 0.332 e. The topological polar surface area (TPSA) is 125 Å². The molecule has 42 heavy (non-hydrogen) atoms. The van der Waals surface area contributed by atoms with Gasteiger partial charge in [-0.3, -0.25) is 9.36 Å². The molecular formula is C29H29N7O3S3. The highest BCUT2D eigenvalue weighted by molar-refractivity contribution is 7.99. The summed E-state index contributed by atoms with van der Waals surface area (Å²) in [5.41, 5.74) is 2.59. The van der Waals surface area contributed by atoms with Gasteiger partial charge in [-0.25, -0.2) is 23.4 Å². The van der Waals surface area contributed by atoms with E-state index < -0.39 is 9.84 Å². The molecule has 1 aromatic carbocycles.